The van der Waals surface area contributed by atoms with Gasteiger partial charge < -0.3 is 14.5 Å². The number of hydrogen-bond donors (Lipinski definition) is 1. The molecule has 5 nitrogen and oxygen atoms in total. The molecule has 0 saturated carbocycles. The van der Waals surface area contributed by atoms with Crippen molar-refractivity contribution in [1.29, 1.82) is 0 Å². The number of benzene rings is 1. The van der Waals surface area contributed by atoms with Crippen LogP contribution in [0.4, 0.5) is 4.39 Å². The van der Waals surface area contributed by atoms with Crippen LogP contribution in [0.2, 0.25) is 0 Å². The average Bonchev–Trinajstić information content (AvgIpc) is 3.04. The van der Waals surface area contributed by atoms with E-state index in [2.05, 4.69) is 10.3 Å². The third-order valence-corrected chi connectivity index (χ3v) is 3.69. The van der Waals surface area contributed by atoms with E-state index >= 15 is 0 Å². The number of imidazole rings is 1. The Hall–Kier alpha value is -3.15. The van der Waals surface area contributed by atoms with Crippen molar-refractivity contribution in [3.63, 3.8) is 0 Å². The quantitative estimate of drug-likeness (QED) is 0.703. The Kier molecular flexibility index (Phi) is 5.09. The van der Waals surface area contributed by atoms with Crippen molar-refractivity contribution in [3.8, 4) is 5.75 Å². The molecule has 128 valence electrons. The number of fused-ring (bicyclic) bond motifs is 1. The summed E-state index contributed by atoms with van der Waals surface area (Å²) < 4.78 is 20.0. The second-order valence-corrected chi connectivity index (χ2v) is 5.47. The number of methoxy groups -OCH3 is 1. The Labute approximate surface area is 144 Å². The lowest BCUT2D eigenvalue weighted by molar-refractivity contribution is -0.116. The molecule has 0 saturated heterocycles. The summed E-state index contributed by atoms with van der Waals surface area (Å²) in [6.45, 7) is 0.471. The summed E-state index contributed by atoms with van der Waals surface area (Å²) in [6, 6.07) is 9.68. The van der Waals surface area contributed by atoms with E-state index in [1.807, 2.05) is 28.9 Å². The monoisotopic (exact) mass is 339 g/mol. The van der Waals surface area contributed by atoms with E-state index in [-0.39, 0.29) is 11.7 Å². The number of nitrogens with zero attached hydrogens (tertiary/aromatic N) is 2. The molecule has 0 aliphatic carbocycles. The van der Waals surface area contributed by atoms with Crippen LogP contribution in [0.1, 0.15) is 11.3 Å². The molecule has 3 aromatic rings. The van der Waals surface area contributed by atoms with Crippen LogP contribution < -0.4 is 10.1 Å². The Morgan fingerprint density at radius 3 is 2.88 bits per heavy atom. The van der Waals surface area contributed by atoms with Gasteiger partial charge in [0.15, 0.2) is 11.4 Å². The minimum Gasteiger partial charge on any atom is -0.493 e. The number of rotatable bonds is 6. The minimum absolute atomic E-state index is 0.203. The first-order valence-electron chi connectivity index (χ1n) is 7.88. The van der Waals surface area contributed by atoms with Crippen molar-refractivity contribution in [3.05, 3.63) is 71.9 Å². The normalized spacial score (nSPS) is 11.1. The van der Waals surface area contributed by atoms with Crippen molar-refractivity contribution in [1.82, 2.24) is 14.7 Å². The highest BCUT2D eigenvalue weighted by Gasteiger charge is 2.06. The van der Waals surface area contributed by atoms with Crippen LogP contribution in [0.25, 0.3) is 11.7 Å². The lowest BCUT2D eigenvalue weighted by atomic mass is 10.2. The van der Waals surface area contributed by atoms with Gasteiger partial charge in [-0.2, -0.15) is 0 Å². The lowest BCUT2D eigenvalue weighted by Crippen LogP contribution is -2.23. The Morgan fingerprint density at radius 1 is 1.32 bits per heavy atom. The molecule has 1 N–H and O–H groups in total. The van der Waals surface area contributed by atoms with Crippen molar-refractivity contribution in [2.24, 2.45) is 0 Å². The van der Waals surface area contributed by atoms with Gasteiger partial charge in [0, 0.05) is 31.4 Å². The smallest absolute Gasteiger partial charge is 0.244 e. The summed E-state index contributed by atoms with van der Waals surface area (Å²) in [5, 5.41) is 2.81. The fourth-order valence-electron chi connectivity index (χ4n) is 2.44. The van der Waals surface area contributed by atoms with Crippen LogP contribution in [-0.4, -0.2) is 28.9 Å². The predicted octanol–water partition coefficient (Wildman–Crippen LogP) is 2.85. The first kappa shape index (κ1) is 16.7. The molecule has 0 unspecified atom stereocenters. The van der Waals surface area contributed by atoms with Gasteiger partial charge in [-0.1, -0.05) is 12.1 Å². The number of pyridine rings is 1. The van der Waals surface area contributed by atoms with Gasteiger partial charge in [-0.3, -0.25) is 4.79 Å². The number of carbonyl (C=O) groups excluding carboxylic acids is 1. The van der Waals surface area contributed by atoms with Gasteiger partial charge in [0.1, 0.15) is 5.82 Å². The largest absolute Gasteiger partial charge is 0.493 e. The Morgan fingerprint density at radius 2 is 2.12 bits per heavy atom. The van der Waals surface area contributed by atoms with E-state index in [0.717, 1.165) is 16.9 Å². The van der Waals surface area contributed by atoms with Crippen molar-refractivity contribution in [2.75, 3.05) is 13.7 Å². The zero-order valence-electron chi connectivity index (χ0n) is 13.8. The predicted molar refractivity (Wildman–Crippen MR) is 93.9 cm³/mol. The highest BCUT2D eigenvalue weighted by Crippen LogP contribution is 2.18. The highest BCUT2D eigenvalue weighted by molar-refractivity contribution is 5.91. The van der Waals surface area contributed by atoms with Crippen molar-refractivity contribution >= 4 is 17.6 Å². The molecule has 2 heterocycles. The molecule has 25 heavy (non-hydrogen) atoms. The molecule has 1 amide bonds. The molecule has 0 bridgehead atoms. The van der Waals surface area contributed by atoms with E-state index in [9.17, 15) is 9.18 Å². The molecule has 1 aromatic carbocycles. The van der Waals surface area contributed by atoms with Gasteiger partial charge in [-0.15, -0.1) is 0 Å². The van der Waals surface area contributed by atoms with E-state index < -0.39 is 0 Å². The third-order valence-electron chi connectivity index (χ3n) is 3.69. The summed E-state index contributed by atoms with van der Waals surface area (Å²) >= 11 is 0. The first-order valence-corrected chi connectivity index (χ1v) is 7.88. The fourth-order valence-corrected chi connectivity index (χ4v) is 2.44. The van der Waals surface area contributed by atoms with Gasteiger partial charge in [0.2, 0.25) is 5.91 Å². The maximum Gasteiger partial charge on any atom is 0.244 e. The molecule has 0 fully saturated rings. The average molecular weight is 339 g/mol. The maximum absolute atomic E-state index is 12.8. The summed E-state index contributed by atoms with van der Waals surface area (Å²) in [6.07, 6.45) is 7.50. The number of nitrogens with one attached hydrogen (secondary N) is 1. The van der Waals surface area contributed by atoms with E-state index in [1.165, 1.54) is 18.2 Å². The molecule has 0 aliphatic rings. The molecule has 6 heteroatoms. The zero-order chi connectivity index (χ0) is 17.6. The van der Waals surface area contributed by atoms with Crippen LogP contribution >= 0.6 is 0 Å². The van der Waals surface area contributed by atoms with Gasteiger partial charge >= 0.3 is 0 Å². The van der Waals surface area contributed by atoms with E-state index in [1.54, 1.807) is 25.3 Å². The summed E-state index contributed by atoms with van der Waals surface area (Å²) in [7, 11) is 1.61. The molecule has 0 aliphatic heterocycles. The zero-order valence-corrected chi connectivity index (χ0v) is 13.8. The number of carbonyl (C=O) groups is 1. The van der Waals surface area contributed by atoms with Crippen LogP contribution in [0, 0.1) is 5.82 Å². The van der Waals surface area contributed by atoms with Gasteiger partial charge in [-0.25, -0.2) is 9.37 Å². The number of ether oxygens (including phenoxy) is 1. The summed E-state index contributed by atoms with van der Waals surface area (Å²) in [5.41, 5.74) is 2.39. The number of hydrogen-bond acceptors (Lipinski definition) is 3. The van der Waals surface area contributed by atoms with Crippen LogP contribution in [0.15, 0.2) is 54.9 Å². The minimum atomic E-state index is -0.300. The van der Waals surface area contributed by atoms with E-state index in [0.29, 0.717) is 18.7 Å². The van der Waals surface area contributed by atoms with Crippen LogP contribution in [0.3, 0.4) is 0 Å². The summed E-state index contributed by atoms with van der Waals surface area (Å²) in [5.74, 6) is 0.205. The van der Waals surface area contributed by atoms with Gasteiger partial charge in [0.05, 0.1) is 12.8 Å². The number of amides is 1. The molecule has 2 aromatic heterocycles. The molecule has 0 spiro atoms. The molecule has 0 atom stereocenters. The van der Waals surface area contributed by atoms with Crippen molar-refractivity contribution < 1.29 is 13.9 Å². The standard InChI is InChI=1S/C19H18FN3O2/c1-25-17-3-2-12-23-13-16(22-19(17)23)10-11-21-18(24)9-6-14-4-7-15(20)8-5-14/h2-9,12-13H,10-11H2,1H3,(H,21,24)/b9-6+. The highest BCUT2D eigenvalue weighted by atomic mass is 19.1. The molecule has 3 rings (SSSR count). The summed E-state index contributed by atoms with van der Waals surface area (Å²) in [4.78, 5) is 16.3. The second-order valence-electron chi connectivity index (χ2n) is 5.47. The number of halogens is 1. The number of aromatic nitrogens is 2. The topological polar surface area (TPSA) is 55.6 Å². The van der Waals surface area contributed by atoms with Crippen LogP contribution in [0.5, 0.6) is 5.75 Å². The van der Waals surface area contributed by atoms with Crippen molar-refractivity contribution in [2.45, 2.75) is 6.42 Å². The van der Waals surface area contributed by atoms with E-state index in [4.69, 9.17) is 4.74 Å². The fraction of sp³-hybridized carbons (Fsp3) is 0.158. The van der Waals surface area contributed by atoms with Gasteiger partial charge in [0.25, 0.3) is 0 Å². The van der Waals surface area contributed by atoms with Crippen LogP contribution in [-0.2, 0) is 11.2 Å². The molecular formula is C19H18FN3O2. The SMILES string of the molecule is COc1cccn2cc(CCNC(=O)/C=C/c3ccc(F)cc3)nc12. The molecular weight excluding hydrogens is 321 g/mol. The molecule has 0 radical (unpaired) electrons. The third kappa shape index (κ3) is 4.23. The Bertz CT molecular complexity index is 901. The maximum atomic E-state index is 12.8. The Balaban J connectivity index is 1.54. The van der Waals surface area contributed by atoms with Gasteiger partial charge in [-0.05, 0) is 35.9 Å². The lowest BCUT2D eigenvalue weighted by Gasteiger charge is -2.00. The second kappa shape index (κ2) is 7.61. The first-order chi connectivity index (χ1) is 12.2.